The first-order valence-corrected chi connectivity index (χ1v) is 14.1. The van der Waals surface area contributed by atoms with Gasteiger partial charge in [0.2, 0.25) is 0 Å². The van der Waals surface area contributed by atoms with E-state index in [0.29, 0.717) is 12.7 Å². The van der Waals surface area contributed by atoms with E-state index in [0.717, 1.165) is 65.1 Å². The lowest BCUT2D eigenvalue weighted by Gasteiger charge is -2.22. The Hall–Kier alpha value is -2.36. The molecular formula is C32H38ClNO2. The molecule has 0 atom stereocenters. The molecule has 2 fully saturated rings. The average molecular weight is 504 g/mol. The Bertz CT molecular complexity index is 1180. The van der Waals surface area contributed by atoms with Gasteiger partial charge in [-0.1, -0.05) is 68.5 Å². The van der Waals surface area contributed by atoms with Gasteiger partial charge >= 0.3 is 0 Å². The molecule has 2 aliphatic carbocycles. The third-order valence-electron chi connectivity index (χ3n) is 7.57. The molecule has 2 saturated carbocycles. The van der Waals surface area contributed by atoms with Crippen LogP contribution in [-0.4, -0.2) is 11.1 Å². The maximum atomic E-state index is 6.75. The Morgan fingerprint density at radius 2 is 1.78 bits per heavy atom. The molecule has 0 unspecified atom stereocenters. The average Bonchev–Trinajstić information content (AvgIpc) is 3.82. The predicted molar refractivity (Wildman–Crippen MR) is 148 cm³/mol. The van der Waals surface area contributed by atoms with E-state index in [2.05, 4.69) is 55.2 Å². The molecular weight excluding hydrogens is 466 g/mol. The van der Waals surface area contributed by atoms with Crippen LogP contribution >= 0.6 is 11.6 Å². The third kappa shape index (κ3) is 5.95. The third-order valence-corrected chi connectivity index (χ3v) is 7.92. The van der Waals surface area contributed by atoms with Crippen LogP contribution in [0.25, 0.3) is 11.1 Å². The maximum absolute atomic E-state index is 6.75. The van der Waals surface area contributed by atoms with Crippen molar-refractivity contribution in [1.82, 2.24) is 4.98 Å². The molecule has 0 spiro atoms. The molecule has 0 aliphatic heterocycles. The van der Waals surface area contributed by atoms with Crippen LogP contribution in [0.3, 0.4) is 0 Å². The SMILES string of the molecule is CCCCCCCc1cc(Cl)c(COC2(c3cnccc3-c3ccccc3OC3CC3)CC2)cc1C. The number of rotatable bonds is 13. The van der Waals surface area contributed by atoms with Crippen LogP contribution in [0.2, 0.25) is 5.02 Å². The topological polar surface area (TPSA) is 31.4 Å². The van der Waals surface area contributed by atoms with Crippen LogP contribution in [-0.2, 0) is 23.4 Å². The summed E-state index contributed by atoms with van der Waals surface area (Å²) in [4.78, 5) is 4.48. The van der Waals surface area contributed by atoms with Crippen molar-refractivity contribution < 1.29 is 9.47 Å². The van der Waals surface area contributed by atoms with Crippen molar-refractivity contribution in [2.75, 3.05) is 0 Å². The van der Waals surface area contributed by atoms with Crippen LogP contribution in [0.4, 0.5) is 0 Å². The van der Waals surface area contributed by atoms with Crippen molar-refractivity contribution in [1.29, 1.82) is 0 Å². The highest BCUT2D eigenvalue weighted by atomic mass is 35.5. The van der Waals surface area contributed by atoms with Gasteiger partial charge in [0, 0.05) is 28.5 Å². The summed E-state index contributed by atoms with van der Waals surface area (Å²) in [5.41, 5.74) is 6.85. The van der Waals surface area contributed by atoms with E-state index in [1.54, 1.807) is 0 Å². The molecule has 0 bridgehead atoms. The van der Waals surface area contributed by atoms with Crippen LogP contribution in [0, 0.1) is 6.92 Å². The molecule has 36 heavy (non-hydrogen) atoms. The van der Waals surface area contributed by atoms with E-state index < -0.39 is 0 Å². The van der Waals surface area contributed by atoms with Crippen LogP contribution < -0.4 is 4.74 Å². The second-order valence-corrected chi connectivity index (χ2v) is 11.0. The monoisotopic (exact) mass is 503 g/mol. The van der Waals surface area contributed by atoms with Gasteiger partial charge in [-0.05, 0) is 85.9 Å². The zero-order valence-electron chi connectivity index (χ0n) is 21.7. The van der Waals surface area contributed by atoms with Gasteiger partial charge in [-0.25, -0.2) is 0 Å². The smallest absolute Gasteiger partial charge is 0.127 e. The number of halogens is 1. The second kappa shape index (κ2) is 11.4. The summed E-state index contributed by atoms with van der Waals surface area (Å²) in [5, 5.41) is 0.814. The van der Waals surface area contributed by atoms with E-state index >= 15 is 0 Å². The van der Waals surface area contributed by atoms with Gasteiger partial charge in [-0.15, -0.1) is 0 Å². The van der Waals surface area contributed by atoms with Crippen molar-refractivity contribution in [3.8, 4) is 16.9 Å². The summed E-state index contributed by atoms with van der Waals surface area (Å²) < 4.78 is 12.9. The van der Waals surface area contributed by atoms with Gasteiger partial charge in [-0.2, -0.15) is 0 Å². The first-order chi connectivity index (χ1) is 17.6. The van der Waals surface area contributed by atoms with E-state index in [4.69, 9.17) is 21.1 Å². The molecule has 2 aliphatic rings. The fourth-order valence-electron chi connectivity index (χ4n) is 5.05. The number of benzene rings is 2. The quantitative estimate of drug-likeness (QED) is 0.218. The molecule has 1 heterocycles. The largest absolute Gasteiger partial charge is 0.490 e. The minimum atomic E-state index is -0.314. The van der Waals surface area contributed by atoms with Crippen molar-refractivity contribution in [2.45, 2.75) is 96.4 Å². The minimum absolute atomic E-state index is 0.314. The van der Waals surface area contributed by atoms with Crippen molar-refractivity contribution in [2.24, 2.45) is 0 Å². The molecule has 0 saturated heterocycles. The lowest BCUT2D eigenvalue weighted by atomic mass is 9.96. The van der Waals surface area contributed by atoms with E-state index in [9.17, 15) is 0 Å². The van der Waals surface area contributed by atoms with Crippen LogP contribution in [0.5, 0.6) is 5.75 Å². The first kappa shape index (κ1) is 25.3. The highest BCUT2D eigenvalue weighted by Gasteiger charge is 2.47. The Balaban J connectivity index is 1.30. The molecule has 0 radical (unpaired) electrons. The molecule has 0 amide bonds. The van der Waals surface area contributed by atoms with E-state index in [1.807, 2.05) is 18.5 Å². The number of unbranched alkanes of at least 4 members (excludes halogenated alkanes) is 4. The lowest BCUT2D eigenvalue weighted by molar-refractivity contribution is 0.0173. The molecule has 4 heteroatoms. The normalized spacial score (nSPS) is 16.2. The number of nitrogens with zero attached hydrogens (tertiary/aromatic N) is 1. The molecule has 2 aromatic carbocycles. The molecule has 0 N–H and O–H groups in total. The van der Waals surface area contributed by atoms with Crippen LogP contribution in [0.15, 0.2) is 54.9 Å². The summed E-state index contributed by atoms with van der Waals surface area (Å²) >= 11 is 6.75. The minimum Gasteiger partial charge on any atom is -0.490 e. The van der Waals surface area contributed by atoms with Gasteiger partial charge in [-0.3, -0.25) is 4.98 Å². The first-order valence-electron chi connectivity index (χ1n) is 13.7. The zero-order chi connectivity index (χ0) is 25.0. The number of pyridine rings is 1. The van der Waals surface area contributed by atoms with E-state index in [-0.39, 0.29) is 5.60 Å². The summed E-state index contributed by atoms with van der Waals surface area (Å²) in [7, 11) is 0. The summed E-state index contributed by atoms with van der Waals surface area (Å²) in [6.07, 6.45) is 16.0. The summed E-state index contributed by atoms with van der Waals surface area (Å²) in [6, 6.07) is 14.8. The van der Waals surface area contributed by atoms with Gasteiger partial charge < -0.3 is 9.47 Å². The molecule has 3 nitrogen and oxygen atoms in total. The molecule has 1 aromatic heterocycles. The summed E-state index contributed by atoms with van der Waals surface area (Å²) in [5.74, 6) is 0.951. The Kier molecular flexibility index (Phi) is 7.98. The van der Waals surface area contributed by atoms with Crippen molar-refractivity contribution in [3.63, 3.8) is 0 Å². The number of hydrogen-bond acceptors (Lipinski definition) is 3. The lowest BCUT2D eigenvalue weighted by Crippen LogP contribution is -2.14. The fourth-order valence-corrected chi connectivity index (χ4v) is 5.29. The Morgan fingerprint density at radius 3 is 2.56 bits per heavy atom. The predicted octanol–water partition coefficient (Wildman–Crippen LogP) is 8.97. The Labute approximate surface area is 221 Å². The number of hydrogen-bond donors (Lipinski definition) is 0. The molecule has 3 aromatic rings. The van der Waals surface area contributed by atoms with Gasteiger partial charge in [0.05, 0.1) is 18.3 Å². The number of aromatic nitrogens is 1. The van der Waals surface area contributed by atoms with Gasteiger partial charge in [0.25, 0.3) is 0 Å². The van der Waals surface area contributed by atoms with Gasteiger partial charge in [0.15, 0.2) is 0 Å². The fraction of sp³-hybridized carbons (Fsp3) is 0.469. The Morgan fingerprint density at radius 1 is 0.972 bits per heavy atom. The van der Waals surface area contributed by atoms with E-state index in [1.165, 1.54) is 43.2 Å². The van der Waals surface area contributed by atoms with Gasteiger partial charge in [0.1, 0.15) is 5.75 Å². The van der Waals surface area contributed by atoms with Crippen LogP contribution in [0.1, 0.15) is 87.0 Å². The molecule has 190 valence electrons. The van der Waals surface area contributed by atoms with Crippen molar-refractivity contribution >= 4 is 11.6 Å². The zero-order valence-corrected chi connectivity index (χ0v) is 22.4. The second-order valence-electron chi connectivity index (χ2n) is 10.6. The summed E-state index contributed by atoms with van der Waals surface area (Å²) in [6.45, 7) is 4.96. The highest BCUT2D eigenvalue weighted by molar-refractivity contribution is 6.31. The number of para-hydroxylation sites is 1. The standard InChI is InChI=1S/C32H38ClNO2/c1-3-4-5-6-7-10-24-20-30(33)25(19-23(24)2)22-35-32(16-17-32)29-21-34-18-15-27(29)28-11-8-9-12-31(28)36-26-13-14-26/h8-9,11-12,15,18-21,26H,3-7,10,13-14,16-17,22H2,1-2H3. The highest BCUT2D eigenvalue weighted by Crippen LogP contribution is 2.53. The molecule has 5 rings (SSSR count). The maximum Gasteiger partial charge on any atom is 0.127 e. The van der Waals surface area contributed by atoms with Crippen molar-refractivity contribution in [3.05, 3.63) is 82.1 Å². The number of ether oxygens (including phenoxy) is 2. The number of aryl methyl sites for hydroxylation is 2.